The number of imidazole rings is 1. The molecule has 0 radical (unpaired) electrons. The van der Waals surface area contributed by atoms with Gasteiger partial charge < -0.3 is 14.7 Å². The van der Waals surface area contributed by atoms with E-state index in [1.54, 1.807) is 6.33 Å². The fourth-order valence-corrected chi connectivity index (χ4v) is 3.80. The van der Waals surface area contributed by atoms with Gasteiger partial charge in [-0.25, -0.2) is 15.0 Å². The Morgan fingerprint density at radius 1 is 1.32 bits per heavy atom. The van der Waals surface area contributed by atoms with E-state index in [9.17, 15) is 0 Å². The highest BCUT2D eigenvalue weighted by molar-refractivity contribution is 6.74. The van der Waals surface area contributed by atoms with Crippen LogP contribution in [0.1, 0.15) is 33.6 Å². The molecule has 136 valence electrons. The number of anilines is 1. The van der Waals surface area contributed by atoms with Crippen molar-refractivity contribution in [3.05, 3.63) is 24.3 Å². The summed E-state index contributed by atoms with van der Waals surface area (Å²) in [6, 6.07) is 0. The van der Waals surface area contributed by atoms with Gasteiger partial charge in [0.15, 0.2) is 19.8 Å². The van der Waals surface area contributed by atoms with Gasteiger partial charge in [0.25, 0.3) is 0 Å². The summed E-state index contributed by atoms with van der Waals surface area (Å²) in [7, 11) is -1.67. The maximum atomic E-state index is 6.39. The van der Waals surface area contributed by atoms with E-state index in [2.05, 4.69) is 54.9 Å². The zero-order chi connectivity index (χ0) is 18.2. The molecule has 1 saturated carbocycles. The van der Waals surface area contributed by atoms with E-state index in [-0.39, 0.29) is 5.04 Å². The Kier molecular flexibility index (Phi) is 4.72. The van der Waals surface area contributed by atoms with Gasteiger partial charge in [-0.2, -0.15) is 0 Å². The van der Waals surface area contributed by atoms with E-state index in [1.807, 2.05) is 4.57 Å². The molecule has 0 aromatic carbocycles. The number of fused-ring (bicyclic) bond motifs is 1. The molecule has 1 fully saturated rings. The van der Waals surface area contributed by atoms with Crippen LogP contribution < -0.4 is 5.73 Å². The summed E-state index contributed by atoms with van der Waals surface area (Å²) in [5.41, 5.74) is 8.80. The smallest absolute Gasteiger partial charge is 0.192 e. The number of nitrogen functional groups attached to an aromatic ring is 1. The lowest BCUT2D eigenvalue weighted by molar-refractivity contribution is 0.213. The number of allylic oxidation sites excluding steroid dienone is 1. The standard InChI is InChI=1S/C18H29N5OSi/c1-18(2,3)25(4,5)24-10-14-7-6-13(14)8-9-23-12-22-15-16(19)20-11-21-17(15)23/h8,11-12,14H,6-7,9-10H2,1-5H3,(H2,19,20,21)/b13-8+. The molecule has 7 heteroatoms. The van der Waals surface area contributed by atoms with Gasteiger partial charge >= 0.3 is 0 Å². The topological polar surface area (TPSA) is 78.9 Å². The quantitative estimate of drug-likeness (QED) is 0.649. The van der Waals surface area contributed by atoms with E-state index in [4.69, 9.17) is 10.2 Å². The summed E-state index contributed by atoms with van der Waals surface area (Å²) >= 11 is 0. The second-order valence-corrected chi connectivity index (χ2v) is 13.2. The van der Waals surface area contributed by atoms with Gasteiger partial charge in [-0.1, -0.05) is 32.4 Å². The Morgan fingerprint density at radius 3 is 2.72 bits per heavy atom. The highest BCUT2D eigenvalue weighted by atomic mass is 28.4. The Labute approximate surface area is 150 Å². The van der Waals surface area contributed by atoms with Crippen LogP contribution in [0.25, 0.3) is 11.2 Å². The summed E-state index contributed by atoms with van der Waals surface area (Å²) in [5.74, 6) is 0.990. The Hall–Kier alpha value is -1.73. The maximum Gasteiger partial charge on any atom is 0.192 e. The molecule has 0 bridgehead atoms. The lowest BCUT2D eigenvalue weighted by atomic mass is 9.80. The van der Waals surface area contributed by atoms with E-state index in [0.717, 1.165) is 25.2 Å². The molecule has 25 heavy (non-hydrogen) atoms. The third-order valence-electron chi connectivity index (χ3n) is 5.74. The minimum Gasteiger partial charge on any atom is -0.416 e. The van der Waals surface area contributed by atoms with Crippen molar-refractivity contribution in [2.75, 3.05) is 12.3 Å². The summed E-state index contributed by atoms with van der Waals surface area (Å²) in [6.45, 7) is 13.1. The van der Waals surface area contributed by atoms with Crippen molar-refractivity contribution in [3.8, 4) is 0 Å². The molecule has 3 rings (SSSR count). The molecule has 1 atom stereocenters. The fourth-order valence-electron chi connectivity index (χ4n) is 2.75. The van der Waals surface area contributed by atoms with E-state index in [1.165, 1.54) is 18.3 Å². The van der Waals surface area contributed by atoms with Crippen molar-refractivity contribution >= 4 is 25.3 Å². The molecular weight excluding hydrogens is 330 g/mol. The molecule has 1 aliphatic rings. The predicted octanol–water partition coefficient (Wildman–Crippen LogP) is 3.77. The molecule has 0 amide bonds. The predicted molar refractivity (Wildman–Crippen MR) is 104 cm³/mol. The minimum atomic E-state index is -1.67. The van der Waals surface area contributed by atoms with Gasteiger partial charge in [-0.3, -0.25) is 0 Å². The van der Waals surface area contributed by atoms with Gasteiger partial charge in [0, 0.05) is 19.1 Å². The van der Waals surface area contributed by atoms with Crippen LogP contribution in [0.4, 0.5) is 5.82 Å². The zero-order valence-corrected chi connectivity index (χ0v) is 16.9. The highest BCUT2D eigenvalue weighted by Gasteiger charge is 2.38. The van der Waals surface area contributed by atoms with Crippen LogP contribution >= 0.6 is 0 Å². The van der Waals surface area contributed by atoms with Crippen LogP contribution in [-0.4, -0.2) is 34.4 Å². The fraction of sp³-hybridized carbons (Fsp3) is 0.611. The number of rotatable bonds is 5. The number of nitrogens with two attached hydrogens (primary N) is 1. The minimum absolute atomic E-state index is 0.260. The van der Waals surface area contributed by atoms with E-state index < -0.39 is 8.32 Å². The summed E-state index contributed by atoms with van der Waals surface area (Å²) in [5, 5.41) is 0.260. The summed E-state index contributed by atoms with van der Waals surface area (Å²) in [6.07, 6.45) is 7.95. The Bertz CT molecular complexity index is 790. The molecule has 6 nitrogen and oxygen atoms in total. The largest absolute Gasteiger partial charge is 0.416 e. The van der Waals surface area contributed by atoms with Crippen molar-refractivity contribution in [2.45, 2.75) is 58.3 Å². The van der Waals surface area contributed by atoms with Crippen LogP contribution in [0.5, 0.6) is 0 Å². The molecule has 2 aromatic heterocycles. The lowest BCUT2D eigenvalue weighted by Crippen LogP contribution is -2.42. The normalized spacial score (nSPS) is 20.2. The molecule has 2 aromatic rings. The monoisotopic (exact) mass is 359 g/mol. The van der Waals surface area contributed by atoms with Crippen molar-refractivity contribution in [2.24, 2.45) is 5.92 Å². The first-order valence-corrected chi connectivity index (χ1v) is 11.8. The number of hydrogen-bond donors (Lipinski definition) is 1. The Balaban J connectivity index is 1.63. The molecule has 1 aliphatic carbocycles. The second kappa shape index (κ2) is 6.53. The average Bonchev–Trinajstić information content (AvgIpc) is 2.90. The summed E-state index contributed by atoms with van der Waals surface area (Å²) in [4.78, 5) is 12.6. The van der Waals surface area contributed by atoms with Crippen LogP contribution in [0.15, 0.2) is 24.3 Å². The molecular formula is C18H29N5OSi. The zero-order valence-electron chi connectivity index (χ0n) is 15.9. The Morgan fingerprint density at radius 2 is 2.08 bits per heavy atom. The molecule has 0 spiro atoms. The van der Waals surface area contributed by atoms with Crippen molar-refractivity contribution in [3.63, 3.8) is 0 Å². The van der Waals surface area contributed by atoms with Crippen molar-refractivity contribution < 1.29 is 4.43 Å². The van der Waals surface area contributed by atoms with Gasteiger partial charge in [-0.05, 0) is 31.0 Å². The van der Waals surface area contributed by atoms with E-state index in [0.29, 0.717) is 17.3 Å². The molecule has 2 heterocycles. The number of aromatic nitrogens is 4. The number of nitrogens with zero attached hydrogens (tertiary/aromatic N) is 4. The first kappa shape index (κ1) is 18.1. The third-order valence-corrected chi connectivity index (χ3v) is 10.2. The third kappa shape index (κ3) is 3.62. The second-order valence-electron chi connectivity index (χ2n) is 8.41. The summed E-state index contributed by atoms with van der Waals surface area (Å²) < 4.78 is 8.41. The van der Waals surface area contributed by atoms with Crippen LogP contribution in [-0.2, 0) is 11.0 Å². The average molecular weight is 360 g/mol. The lowest BCUT2D eigenvalue weighted by Gasteiger charge is -2.39. The maximum absolute atomic E-state index is 6.39. The molecule has 0 aliphatic heterocycles. The van der Waals surface area contributed by atoms with Crippen LogP contribution in [0, 0.1) is 5.92 Å². The molecule has 2 N–H and O–H groups in total. The first-order valence-electron chi connectivity index (χ1n) is 8.93. The van der Waals surface area contributed by atoms with Gasteiger partial charge in [0.05, 0.1) is 6.33 Å². The van der Waals surface area contributed by atoms with Crippen molar-refractivity contribution in [1.29, 1.82) is 0 Å². The van der Waals surface area contributed by atoms with Gasteiger partial charge in [-0.15, -0.1) is 0 Å². The number of hydrogen-bond acceptors (Lipinski definition) is 5. The first-order chi connectivity index (χ1) is 11.7. The van der Waals surface area contributed by atoms with Crippen LogP contribution in [0.3, 0.4) is 0 Å². The van der Waals surface area contributed by atoms with Gasteiger partial charge in [0.1, 0.15) is 11.8 Å². The highest BCUT2D eigenvalue weighted by Crippen LogP contribution is 2.39. The van der Waals surface area contributed by atoms with Gasteiger partial charge in [0.2, 0.25) is 0 Å². The van der Waals surface area contributed by atoms with E-state index >= 15 is 0 Å². The SMILES string of the molecule is CC(C)(C)[Si](C)(C)OCC1CC/C1=C\Cn1cnc2c(N)ncnc21. The molecule has 0 saturated heterocycles. The van der Waals surface area contributed by atoms with Crippen LogP contribution in [0.2, 0.25) is 18.1 Å². The molecule has 1 unspecified atom stereocenters. The van der Waals surface area contributed by atoms with Crippen molar-refractivity contribution in [1.82, 2.24) is 19.5 Å².